The van der Waals surface area contributed by atoms with Gasteiger partial charge in [0, 0.05) is 6.92 Å². The van der Waals surface area contributed by atoms with E-state index in [2.05, 4.69) is 0 Å². The molecule has 0 rings (SSSR count). The fraction of sp³-hybridized carbons (Fsp3) is 0.500. The first kappa shape index (κ1) is 22.7. The van der Waals surface area contributed by atoms with Gasteiger partial charge in [-0.25, -0.2) is 0 Å². The summed E-state index contributed by atoms with van der Waals surface area (Å²) in [6, 6.07) is 0. The molecular weight excluding hydrogens is 125 g/mol. The van der Waals surface area contributed by atoms with Crippen LogP contribution in [0.3, 0.4) is 0 Å². The fourth-order valence-corrected chi connectivity index (χ4v) is 0. The molecule has 0 heterocycles. The minimum absolute atomic E-state index is 0. The number of rotatable bonds is 0. The van der Waals surface area contributed by atoms with E-state index < -0.39 is 5.97 Å². The van der Waals surface area contributed by atoms with Gasteiger partial charge in [0.05, 0.1) is 0 Å². The molecule has 0 radical (unpaired) electrons. The van der Waals surface area contributed by atoms with Crippen molar-refractivity contribution in [3.8, 4) is 0 Å². The van der Waals surface area contributed by atoms with E-state index in [-0.39, 0.29) is 93.0 Å². The van der Waals surface area contributed by atoms with Crippen LogP contribution in [0.1, 0.15) is 11.2 Å². The predicted molar refractivity (Wildman–Crippen MR) is 16.6 cm³/mol. The van der Waals surface area contributed by atoms with Crippen LogP contribution in [0.2, 0.25) is 0 Å². The van der Waals surface area contributed by atoms with Crippen LogP contribution in [-0.4, -0.2) is 11.1 Å². The first-order valence-electron chi connectivity index (χ1n) is 0.928. The Morgan fingerprint density at radius 2 is 1.43 bits per heavy atom. The van der Waals surface area contributed by atoms with E-state index in [9.17, 15) is 0 Å². The van der Waals surface area contributed by atoms with Gasteiger partial charge in [-0.2, -0.15) is 0 Å². The molecule has 0 saturated carbocycles. The third kappa shape index (κ3) is 58.1. The second-order valence-corrected chi connectivity index (χ2v) is 0.519. The molecule has 0 amide bonds. The first-order chi connectivity index (χ1) is 1.73. The summed E-state index contributed by atoms with van der Waals surface area (Å²) >= 11 is 0. The molecule has 0 aromatic rings. The molecule has 30 valence electrons. The van der Waals surface area contributed by atoms with Gasteiger partial charge in [-0.05, 0) is 0 Å². The maximum Gasteiger partial charge on any atom is 1.00 e. The van der Waals surface area contributed by atoms with Crippen LogP contribution in [0.5, 0.6) is 0 Å². The zero-order chi connectivity index (χ0) is 3.58. The monoisotopic (exact) mass is 132 g/mol. The van der Waals surface area contributed by atoms with Crippen molar-refractivity contribution in [1.29, 1.82) is 0 Å². The molecule has 0 aliphatic carbocycles. The Kier molecular flexibility index (Phi) is 51.2. The Hall–Kier alpha value is 2.47. The maximum absolute atomic E-state index is 9.00. The second-order valence-electron chi connectivity index (χ2n) is 0.519. The standard InChI is InChI=1S/C2H4O2.3Na.3H/c1-2(3)4;;;;;;/h1H3,(H,3,4);;;;;;/q;3*+1;3*-1. The molecule has 2 nitrogen and oxygen atoms in total. The van der Waals surface area contributed by atoms with Crippen LogP contribution in [0.4, 0.5) is 0 Å². The van der Waals surface area contributed by atoms with Crippen molar-refractivity contribution in [2.75, 3.05) is 0 Å². The topological polar surface area (TPSA) is 37.3 Å². The molecule has 7 heavy (non-hydrogen) atoms. The predicted octanol–water partition coefficient (Wildman–Crippen LogP) is -8.56. The minimum Gasteiger partial charge on any atom is -1.00 e. The van der Waals surface area contributed by atoms with Crippen molar-refractivity contribution in [3.63, 3.8) is 0 Å². The van der Waals surface area contributed by atoms with Gasteiger partial charge < -0.3 is 9.39 Å². The van der Waals surface area contributed by atoms with Gasteiger partial charge in [0.25, 0.3) is 5.97 Å². The van der Waals surface area contributed by atoms with E-state index in [1.807, 2.05) is 0 Å². The average Bonchev–Trinajstić information content (AvgIpc) is 0.811. The molecule has 0 aliphatic heterocycles. The summed E-state index contributed by atoms with van der Waals surface area (Å²) in [5.74, 6) is -0.833. The second kappa shape index (κ2) is 15.8. The van der Waals surface area contributed by atoms with Gasteiger partial charge in [0.1, 0.15) is 0 Å². The van der Waals surface area contributed by atoms with Crippen LogP contribution in [-0.2, 0) is 4.79 Å². The molecule has 0 aromatic heterocycles. The van der Waals surface area contributed by atoms with Crippen molar-refractivity contribution in [2.24, 2.45) is 0 Å². The van der Waals surface area contributed by atoms with Gasteiger partial charge in [-0.15, -0.1) is 0 Å². The molecule has 0 aromatic carbocycles. The van der Waals surface area contributed by atoms with Crippen LogP contribution in [0.25, 0.3) is 0 Å². The summed E-state index contributed by atoms with van der Waals surface area (Å²) in [6.45, 7) is 1.08. The minimum atomic E-state index is -0.833. The fourth-order valence-electron chi connectivity index (χ4n) is 0. The molecular formula is C2H7Na3O2. The Morgan fingerprint density at radius 1 is 1.43 bits per heavy atom. The van der Waals surface area contributed by atoms with Gasteiger partial charge in [0.15, 0.2) is 0 Å². The number of hydrogen-bond acceptors (Lipinski definition) is 1. The zero-order valence-electron chi connectivity index (χ0n) is 8.36. The van der Waals surface area contributed by atoms with E-state index >= 15 is 0 Å². The quantitative estimate of drug-likeness (QED) is 0.332. The van der Waals surface area contributed by atoms with Gasteiger partial charge in [-0.3, -0.25) is 4.79 Å². The molecule has 0 saturated heterocycles. The summed E-state index contributed by atoms with van der Waals surface area (Å²) in [5.41, 5.74) is 0. The summed E-state index contributed by atoms with van der Waals surface area (Å²) in [4.78, 5) is 9.00. The van der Waals surface area contributed by atoms with E-state index in [4.69, 9.17) is 9.90 Å². The van der Waals surface area contributed by atoms with E-state index in [1.54, 1.807) is 0 Å². The third-order valence-electron chi connectivity index (χ3n) is 0. The van der Waals surface area contributed by atoms with Crippen molar-refractivity contribution in [1.82, 2.24) is 0 Å². The molecule has 1 N–H and O–H groups in total. The van der Waals surface area contributed by atoms with Crippen LogP contribution in [0.15, 0.2) is 0 Å². The molecule has 0 aliphatic rings. The van der Waals surface area contributed by atoms with Crippen molar-refractivity contribution < 1.29 is 103 Å². The zero-order valence-corrected chi connectivity index (χ0v) is 11.4. The van der Waals surface area contributed by atoms with Gasteiger partial charge in [-0.1, -0.05) is 0 Å². The van der Waals surface area contributed by atoms with Crippen molar-refractivity contribution in [2.45, 2.75) is 6.92 Å². The summed E-state index contributed by atoms with van der Waals surface area (Å²) in [7, 11) is 0. The van der Waals surface area contributed by atoms with Gasteiger partial charge >= 0.3 is 88.7 Å². The molecule has 0 unspecified atom stereocenters. The van der Waals surface area contributed by atoms with Crippen molar-refractivity contribution >= 4 is 5.97 Å². The van der Waals surface area contributed by atoms with Crippen LogP contribution < -0.4 is 88.7 Å². The Bertz CT molecular complexity index is 42.7. The van der Waals surface area contributed by atoms with E-state index in [0.717, 1.165) is 6.92 Å². The summed E-state index contributed by atoms with van der Waals surface area (Å²) in [5, 5.41) is 7.42. The molecule has 5 heteroatoms. The van der Waals surface area contributed by atoms with E-state index in [1.165, 1.54) is 0 Å². The van der Waals surface area contributed by atoms with Crippen LogP contribution in [0, 0.1) is 0 Å². The summed E-state index contributed by atoms with van der Waals surface area (Å²) in [6.07, 6.45) is 0. The molecule has 0 fully saturated rings. The number of aliphatic carboxylic acids is 1. The molecule has 0 spiro atoms. The third-order valence-corrected chi connectivity index (χ3v) is 0. The Morgan fingerprint density at radius 3 is 1.43 bits per heavy atom. The molecule has 0 bridgehead atoms. The average molecular weight is 132 g/mol. The van der Waals surface area contributed by atoms with Crippen LogP contribution >= 0.6 is 0 Å². The maximum atomic E-state index is 9.00. The SMILES string of the molecule is CC(=O)O.[H-].[H-].[H-].[Na+].[Na+].[Na+]. The number of carboxylic acid groups (broad SMARTS) is 1. The van der Waals surface area contributed by atoms with Gasteiger partial charge in [0.2, 0.25) is 0 Å². The summed E-state index contributed by atoms with van der Waals surface area (Å²) < 4.78 is 0. The normalized spacial score (nSPS) is 3.57. The van der Waals surface area contributed by atoms with Crippen molar-refractivity contribution in [3.05, 3.63) is 0 Å². The molecule has 0 atom stereocenters. The number of carboxylic acids is 1. The Balaban J connectivity index is -0.00000000300. The largest absolute Gasteiger partial charge is 1.00 e. The smallest absolute Gasteiger partial charge is 1.00 e. The number of hydrogen-bond donors (Lipinski definition) is 1. The first-order valence-corrected chi connectivity index (χ1v) is 0.928. The number of carbonyl (C=O) groups is 1. The Labute approximate surface area is 114 Å². The van der Waals surface area contributed by atoms with E-state index in [0.29, 0.717) is 0 Å².